The highest BCUT2D eigenvalue weighted by Gasteiger charge is 2.17. The van der Waals surface area contributed by atoms with Gasteiger partial charge in [-0.2, -0.15) is 5.10 Å². The molecule has 0 spiro atoms. The first-order valence-electron chi connectivity index (χ1n) is 3.70. The summed E-state index contributed by atoms with van der Waals surface area (Å²) in [6.45, 7) is 0. The molecule has 3 N–H and O–H groups in total. The van der Waals surface area contributed by atoms with E-state index in [1.54, 1.807) is 0 Å². The zero-order chi connectivity index (χ0) is 10.3. The van der Waals surface area contributed by atoms with Crippen molar-refractivity contribution in [2.24, 2.45) is 0 Å². The van der Waals surface area contributed by atoms with E-state index in [0.717, 1.165) is 0 Å². The second-order valence-electron chi connectivity index (χ2n) is 2.69. The fourth-order valence-corrected chi connectivity index (χ4v) is 1.43. The van der Waals surface area contributed by atoms with Crippen LogP contribution in [0.15, 0.2) is 12.1 Å². The van der Waals surface area contributed by atoms with Crippen molar-refractivity contribution in [2.75, 3.05) is 0 Å². The third-order valence-corrected chi connectivity index (χ3v) is 2.16. The molecule has 0 fully saturated rings. The Morgan fingerprint density at radius 3 is 2.86 bits per heavy atom. The number of nitrogens with one attached hydrogen (secondary N) is 1. The molecule has 0 amide bonds. The Labute approximate surface area is 82.9 Å². The van der Waals surface area contributed by atoms with Gasteiger partial charge in [0.15, 0.2) is 5.69 Å². The van der Waals surface area contributed by atoms with Gasteiger partial charge in [-0.25, -0.2) is 4.79 Å². The van der Waals surface area contributed by atoms with Crippen LogP contribution in [-0.4, -0.2) is 26.4 Å². The first-order chi connectivity index (χ1) is 6.61. The molecule has 0 aliphatic carbocycles. The Morgan fingerprint density at radius 1 is 1.50 bits per heavy atom. The number of phenolic OH excluding ortho intramolecular Hbond substituents is 1. The van der Waals surface area contributed by atoms with Crippen molar-refractivity contribution in [1.29, 1.82) is 0 Å². The number of carboxylic acids is 1. The van der Waals surface area contributed by atoms with E-state index < -0.39 is 5.97 Å². The SMILES string of the molecule is O=C(O)c1[nH]nc2c(Cl)ccc(O)c12. The zero-order valence-electron chi connectivity index (χ0n) is 6.78. The van der Waals surface area contributed by atoms with Crippen molar-refractivity contribution in [2.45, 2.75) is 0 Å². The maximum atomic E-state index is 10.7. The number of phenols is 1. The molecule has 72 valence electrons. The highest BCUT2D eigenvalue weighted by molar-refractivity contribution is 6.35. The van der Waals surface area contributed by atoms with Crippen molar-refractivity contribution < 1.29 is 15.0 Å². The Bertz CT molecular complexity index is 521. The number of fused-ring (bicyclic) bond motifs is 1. The molecule has 0 saturated carbocycles. The first-order valence-corrected chi connectivity index (χ1v) is 4.08. The van der Waals surface area contributed by atoms with E-state index in [1.807, 2.05) is 0 Å². The number of hydrogen-bond acceptors (Lipinski definition) is 3. The molecule has 1 heterocycles. The number of aromatic hydroxyl groups is 1. The van der Waals surface area contributed by atoms with Gasteiger partial charge in [0.25, 0.3) is 0 Å². The molecule has 6 heteroatoms. The lowest BCUT2D eigenvalue weighted by Crippen LogP contribution is -1.96. The molecule has 1 aromatic carbocycles. The van der Waals surface area contributed by atoms with E-state index in [2.05, 4.69) is 10.2 Å². The van der Waals surface area contributed by atoms with Gasteiger partial charge in [-0.05, 0) is 12.1 Å². The largest absolute Gasteiger partial charge is 0.507 e. The number of carbonyl (C=O) groups is 1. The molecule has 0 aliphatic rings. The Morgan fingerprint density at radius 2 is 2.21 bits per heavy atom. The summed E-state index contributed by atoms with van der Waals surface area (Å²) >= 11 is 5.76. The van der Waals surface area contributed by atoms with Crippen LogP contribution >= 0.6 is 11.6 Å². The van der Waals surface area contributed by atoms with Crippen LogP contribution in [0.3, 0.4) is 0 Å². The molecule has 0 bridgehead atoms. The monoisotopic (exact) mass is 212 g/mol. The first kappa shape index (κ1) is 8.83. The van der Waals surface area contributed by atoms with Crippen molar-refractivity contribution >= 4 is 28.5 Å². The summed E-state index contributed by atoms with van der Waals surface area (Å²) in [6, 6.07) is 2.78. The molecule has 0 unspecified atom stereocenters. The molecule has 1 aromatic heterocycles. The van der Waals surface area contributed by atoms with E-state index in [0.29, 0.717) is 5.02 Å². The van der Waals surface area contributed by atoms with Crippen LogP contribution in [0.2, 0.25) is 5.02 Å². The Balaban J connectivity index is 2.90. The normalized spacial score (nSPS) is 10.6. The second kappa shape index (κ2) is 2.88. The molecular formula is C8H5ClN2O3. The summed E-state index contributed by atoms with van der Waals surface area (Å²) in [6.07, 6.45) is 0. The number of hydrogen-bond donors (Lipinski definition) is 3. The van der Waals surface area contributed by atoms with E-state index in [-0.39, 0.29) is 22.3 Å². The fraction of sp³-hybridized carbons (Fsp3) is 0. The summed E-state index contributed by atoms with van der Waals surface area (Å²) in [7, 11) is 0. The summed E-state index contributed by atoms with van der Waals surface area (Å²) in [5, 5.41) is 24.6. The highest BCUT2D eigenvalue weighted by atomic mass is 35.5. The van der Waals surface area contributed by atoms with Gasteiger partial charge in [-0.15, -0.1) is 0 Å². The van der Waals surface area contributed by atoms with Crippen LogP contribution in [0.5, 0.6) is 5.75 Å². The van der Waals surface area contributed by atoms with Crippen LogP contribution < -0.4 is 0 Å². The lowest BCUT2D eigenvalue weighted by Gasteiger charge is -1.96. The molecule has 5 nitrogen and oxygen atoms in total. The van der Waals surface area contributed by atoms with Gasteiger partial charge < -0.3 is 10.2 Å². The van der Waals surface area contributed by atoms with Crippen molar-refractivity contribution in [3.05, 3.63) is 22.8 Å². The number of aromatic carboxylic acids is 1. The number of aromatic nitrogens is 2. The molecule has 0 aliphatic heterocycles. The summed E-state index contributed by atoms with van der Waals surface area (Å²) in [5.74, 6) is -1.35. The maximum absolute atomic E-state index is 10.7. The van der Waals surface area contributed by atoms with Gasteiger partial charge >= 0.3 is 5.97 Å². The number of benzene rings is 1. The van der Waals surface area contributed by atoms with Gasteiger partial charge in [0.2, 0.25) is 0 Å². The maximum Gasteiger partial charge on any atom is 0.354 e. The molecular weight excluding hydrogens is 208 g/mol. The van der Waals surface area contributed by atoms with Crippen LogP contribution in [0.25, 0.3) is 10.9 Å². The average molecular weight is 213 g/mol. The summed E-state index contributed by atoms with van der Waals surface area (Å²) in [4.78, 5) is 10.7. The molecule has 2 aromatic rings. The van der Waals surface area contributed by atoms with Crippen LogP contribution in [0.4, 0.5) is 0 Å². The topological polar surface area (TPSA) is 86.2 Å². The van der Waals surface area contributed by atoms with Crippen molar-refractivity contribution in [1.82, 2.24) is 10.2 Å². The highest BCUT2D eigenvalue weighted by Crippen LogP contribution is 2.31. The van der Waals surface area contributed by atoms with E-state index in [9.17, 15) is 9.90 Å². The van der Waals surface area contributed by atoms with Crippen molar-refractivity contribution in [3.63, 3.8) is 0 Å². The zero-order valence-corrected chi connectivity index (χ0v) is 7.54. The molecule has 0 atom stereocenters. The third-order valence-electron chi connectivity index (χ3n) is 1.85. The van der Waals surface area contributed by atoms with Gasteiger partial charge in [-0.1, -0.05) is 11.6 Å². The van der Waals surface area contributed by atoms with E-state index in [4.69, 9.17) is 16.7 Å². The number of carboxylic acid groups (broad SMARTS) is 1. The van der Waals surface area contributed by atoms with E-state index >= 15 is 0 Å². The quantitative estimate of drug-likeness (QED) is 0.671. The molecule has 14 heavy (non-hydrogen) atoms. The van der Waals surface area contributed by atoms with Crippen molar-refractivity contribution in [3.8, 4) is 5.75 Å². The molecule has 2 rings (SSSR count). The van der Waals surface area contributed by atoms with Crippen LogP contribution in [0, 0.1) is 0 Å². The third kappa shape index (κ3) is 1.10. The number of nitrogens with zero attached hydrogens (tertiary/aromatic N) is 1. The summed E-state index contributed by atoms with van der Waals surface area (Å²) in [5.41, 5.74) is 0.0871. The summed E-state index contributed by atoms with van der Waals surface area (Å²) < 4.78 is 0. The van der Waals surface area contributed by atoms with Gasteiger partial charge in [-0.3, -0.25) is 5.10 Å². The standard InChI is InChI=1S/C8H5ClN2O3/c9-3-1-2-4(12)5-6(3)10-11-7(5)8(13)14/h1-2,12H,(H,10,11)(H,13,14). The fourth-order valence-electron chi connectivity index (χ4n) is 1.23. The van der Waals surface area contributed by atoms with Gasteiger partial charge in [0, 0.05) is 0 Å². The molecule has 0 radical (unpaired) electrons. The number of aromatic amines is 1. The lowest BCUT2D eigenvalue weighted by molar-refractivity contribution is 0.0692. The van der Waals surface area contributed by atoms with E-state index in [1.165, 1.54) is 12.1 Å². The minimum Gasteiger partial charge on any atom is -0.507 e. The average Bonchev–Trinajstić information content (AvgIpc) is 2.56. The minimum atomic E-state index is -1.19. The predicted octanol–water partition coefficient (Wildman–Crippen LogP) is 1.62. The second-order valence-corrected chi connectivity index (χ2v) is 3.10. The predicted molar refractivity (Wildman–Crippen MR) is 49.7 cm³/mol. The number of rotatable bonds is 1. The smallest absolute Gasteiger partial charge is 0.354 e. The molecule has 0 saturated heterocycles. The Hall–Kier alpha value is -1.75. The Kier molecular flexibility index (Phi) is 1.82. The van der Waals surface area contributed by atoms with Gasteiger partial charge in [0.05, 0.1) is 10.4 Å². The number of halogens is 1. The minimum absolute atomic E-state index is 0.130. The van der Waals surface area contributed by atoms with Gasteiger partial charge in [0.1, 0.15) is 11.3 Å². The number of H-pyrrole nitrogens is 1. The van der Waals surface area contributed by atoms with Crippen LogP contribution in [-0.2, 0) is 0 Å². The lowest BCUT2D eigenvalue weighted by atomic mass is 10.2. The van der Waals surface area contributed by atoms with Crippen LogP contribution in [0.1, 0.15) is 10.5 Å².